The molecule has 0 aliphatic carbocycles. The van der Waals surface area contributed by atoms with E-state index < -0.39 is 0 Å². The predicted molar refractivity (Wildman–Crippen MR) is 86.9 cm³/mol. The molecular formula is C16H24N2O2S. The minimum absolute atomic E-state index is 0.00678. The summed E-state index contributed by atoms with van der Waals surface area (Å²) in [5.74, 6) is 0.673. The molecule has 0 bridgehead atoms. The maximum atomic E-state index is 12.1. The molecule has 0 radical (unpaired) electrons. The van der Waals surface area contributed by atoms with Gasteiger partial charge in [-0.3, -0.25) is 4.79 Å². The van der Waals surface area contributed by atoms with Crippen molar-refractivity contribution in [3.63, 3.8) is 0 Å². The Bertz CT molecular complexity index is 450. The van der Waals surface area contributed by atoms with Crippen LogP contribution in [0.4, 0.5) is 0 Å². The summed E-state index contributed by atoms with van der Waals surface area (Å²) in [6.45, 7) is 2.01. The number of likely N-dealkylation sites (N-methyl/N-ethyl adjacent to an activating group) is 1. The highest BCUT2D eigenvalue weighted by molar-refractivity contribution is 7.99. The number of benzene rings is 1. The monoisotopic (exact) mass is 308 g/mol. The second kappa shape index (κ2) is 8.41. The number of amides is 1. The number of carbonyl (C=O) groups excluding carboxylic acids is 1. The van der Waals surface area contributed by atoms with Crippen LogP contribution in [-0.4, -0.2) is 54.5 Å². The van der Waals surface area contributed by atoms with Crippen molar-refractivity contribution < 1.29 is 9.90 Å². The van der Waals surface area contributed by atoms with E-state index in [1.165, 1.54) is 12.8 Å². The van der Waals surface area contributed by atoms with Crippen molar-refractivity contribution in [2.24, 2.45) is 0 Å². The normalized spacial score (nSPS) is 19.4. The molecule has 0 saturated carbocycles. The highest BCUT2D eigenvalue weighted by Gasteiger charge is 2.19. The van der Waals surface area contributed by atoms with E-state index in [2.05, 4.69) is 17.3 Å². The fourth-order valence-corrected chi connectivity index (χ4v) is 3.24. The third kappa shape index (κ3) is 5.02. The number of nitrogens with one attached hydrogen (secondary N) is 1. The van der Waals surface area contributed by atoms with Crippen LogP contribution in [0.3, 0.4) is 0 Å². The van der Waals surface area contributed by atoms with Gasteiger partial charge in [-0.15, -0.1) is 11.8 Å². The summed E-state index contributed by atoms with van der Waals surface area (Å²) < 4.78 is 0. The van der Waals surface area contributed by atoms with Crippen LogP contribution in [0.25, 0.3) is 0 Å². The molecule has 1 aliphatic rings. The maximum Gasteiger partial charge on any atom is 0.251 e. The molecule has 1 saturated heterocycles. The van der Waals surface area contributed by atoms with Crippen LogP contribution < -0.4 is 5.32 Å². The molecule has 116 valence electrons. The van der Waals surface area contributed by atoms with Gasteiger partial charge in [-0.1, -0.05) is 6.42 Å². The Labute approximate surface area is 130 Å². The summed E-state index contributed by atoms with van der Waals surface area (Å²) in [6.07, 6.45) is 3.67. The quantitative estimate of drug-likeness (QED) is 0.789. The van der Waals surface area contributed by atoms with Crippen molar-refractivity contribution in [3.05, 3.63) is 29.8 Å². The molecule has 21 heavy (non-hydrogen) atoms. The molecule has 1 aliphatic heterocycles. The van der Waals surface area contributed by atoms with Gasteiger partial charge in [0.15, 0.2) is 0 Å². The van der Waals surface area contributed by atoms with Crippen molar-refractivity contribution in [1.29, 1.82) is 0 Å². The molecule has 2 N–H and O–H groups in total. The number of aliphatic hydroxyl groups is 1. The number of aliphatic hydroxyl groups excluding tert-OH is 1. The molecule has 1 aromatic carbocycles. The maximum absolute atomic E-state index is 12.1. The molecule has 1 aromatic rings. The number of thioether (sulfide) groups is 1. The average molecular weight is 308 g/mol. The van der Waals surface area contributed by atoms with Crippen LogP contribution >= 0.6 is 11.8 Å². The first-order valence-electron chi connectivity index (χ1n) is 7.53. The zero-order valence-electron chi connectivity index (χ0n) is 12.5. The van der Waals surface area contributed by atoms with Crippen LogP contribution in [0, 0.1) is 0 Å². The van der Waals surface area contributed by atoms with Crippen molar-refractivity contribution in [2.45, 2.75) is 30.2 Å². The third-order valence-corrected chi connectivity index (χ3v) is 4.89. The van der Waals surface area contributed by atoms with E-state index in [-0.39, 0.29) is 12.5 Å². The highest BCUT2D eigenvalue weighted by Crippen LogP contribution is 2.18. The van der Waals surface area contributed by atoms with Crippen molar-refractivity contribution in [3.8, 4) is 0 Å². The van der Waals surface area contributed by atoms with E-state index in [4.69, 9.17) is 5.11 Å². The lowest BCUT2D eigenvalue weighted by Gasteiger charge is -2.32. The molecule has 2 rings (SSSR count). The van der Waals surface area contributed by atoms with Crippen LogP contribution in [-0.2, 0) is 0 Å². The van der Waals surface area contributed by atoms with Gasteiger partial charge in [0.05, 0.1) is 6.61 Å². The number of piperidine rings is 1. The Morgan fingerprint density at radius 2 is 2.14 bits per heavy atom. The number of nitrogens with zero attached hydrogens (tertiary/aromatic N) is 1. The SMILES string of the molecule is CN1CCCCC1CNC(=O)c1ccc(SCCO)cc1. The number of carbonyl (C=O) groups is 1. The lowest BCUT2D eigenvalue weighted by molar-refractivity contribution is 0.0928. The van der Waals surface area contributed by atoms with Crippen LogP contribution in [0.15, 0.2) is 29.2 Å². The number of hydrogen-bond acceptors (Lipinski definition) is 4. The van der Waals surface area contributed by atoms with Crippen molar-refractivity contribution in [1.82, 2.24) is 10.2 Å². The molecule has 1 heterocycles. The van der Waals surface area contributed by atoms with E-state index in [1.54, 1.807) is 11.8 Å². The second-order valence-electron chi connectivity index (χ2n) is 5.44. The van der Waals surface area contributed by atoms with Gasteiger partial charge in [0, 0.05) is 28.8 Å². The van der Waals surface area contributed by atoms with Crippen molar-refractivity contribution in [2.75, 3.05) is 32.5 Å². The van der Waals surface area contributed by atoms with Gasteiger partial charge < -0.3 is 15.3 Å². The van der Waals surface area contributed by atoms with E-state index >= 15 is 0 Å². The van der Waals surface area contributed by atoms with Gasteiger partial charge in [0.1, 0.15) is 0 Å². The largest absolute Gasteiger partial charge is 0.396 e. The fraction of sp³-hybridized carbons (Fsp3) is 0.562. The summed E-state index contributed by atoms with van der Waals surface area (Å²) in [5, 5.41) is 11.8. The zero-order chi connectivity index (χ0) is 15.1. The Morgan fingerprint density at radius 1 is 1.38 bits per heavy atom. The van der Waals surface area contributed by atoms with E-state index in [9.17, 15) is 4.79 Å². The minimum Gasteiger partial charge on any atom is -0.396 e. The Morgan fingerprint density at radius 3 is 2.81 bits per heavy atom. The molecule has 0 aromatic heterocycles. The first-order valence-corrected chi connectivity index (χ1v) is 8.51. The molecule has 4 nitrogen and oxygen atoms in total. The summed E-state index contributed by atoms with van der Waals surface area (Å²) in [4.78, 5) is 15.6. The fourth-order valence-electron chi connectivity index (χ4n) is 2.58. The van der Waals surface area contributed by atoms with Gasteiger partial charge in [-0.05, 0) is 50.7 Å². The molecule has 1 fully saturated rings. The first kappa shape index (κ1) is 16.3. The van der Waals surface area contributed by atoms with Gasteiger partial charge >= 0.3 is 0 Å². The predicted octanol–water partition coefficient (Wildman–Crippen LogP) is 1.99. The molecule has 5 heteroatoms. The second-order valence-corrected chi connectivity index (χ2v) is 6.61. The minimum atomic E-state index is -0.00678. The summed E-state index contributed by atoms with van der Waals surface area (Å²) in [7, 11) is 2.13. The van der Waals surface area contributed by atoms with Gasteiger partial charge in [0.2, 0.25) is 0 Å². The highest BCUT2D eigenvalue weighted by atomic mass is 32.2. The molecule has 1 unspecified atom stereocenters. The first-order chi connectivity index (χ1) is 10.2. The smallest absolute Gasteiger partial charge is 0.251 e. The van der Waals surface area contributed by atoms with Gasteiger partial charge in [-0.2, -0.15) is 0 Å². The van der Waals surface area contributed by atoms with Gasteiger partial charge in [0.25, 0.3) is 5.91 Å². The topological polar surface area (TPSA) is 52.6 Å². The summed E-state index contributed by atoms with van der Waals surface area (Å²) in [6, 6.07) is 8.02. The summed E-state index contributed by atoms with van der Waals surface area (Å²) in [5.41, 5.74) is 0.696. The van der Waals surface area contributed by atoms with Crippen molar-refractivity contribution >= 4 is 17.7 Å². The molecule has 0 spiro atoms. The average Bonchev–Trinajstić information content (AvgIpc) is 2.52. The Hall–Kier alpha value is -1.04. The Kier molecular flexibility index (Phi) is 6.54. The summed E-state index contributed by atoms with van der Waals surface area (Å²) >= 11 is 1.59. The van der Waals surface area contributed by atoms with Crippen LogP contribution in [0.1, 0.15) is 29.6 Å². The standard InChI is InChI=1S/C16H24N2O2S/c1-18-9-3-2-4-14(18)12-17-16(20)13-5-7-15(8-6-13)21-11-10-19/h5-8,14,19H,2-4,9-12H2,1H3,(H,17,20). The number of hydrogen-bond donors (Lipinski definition) is 2. The number of likely N-dealkylation sites (tertiary alicyclic amines) is 1. The zero-order valence-corrected chi connectivity index (χ0v) is 13.4. The van der Waals surface area contributed by atoms with Crippen LogP contribution in [0.5, 0.6) is 0 Å². The van der Waals surface area contributed by atoms with E-state index in [1.807, 2.05) is 24.3 Å². The molecule has 1 amide bonds. The van der Waals surface area contributed by atoms with E-state index in [0.717, 1.165) is 24.4 Å². The number of rotatable bonds is 6. The van der Waals surface area contributed by atoms with Gasteiger partial charge in [-0.25, -0.2) is 0 Å². The lowest BCUT2D eigenvalue weighted by atomic mass is 10.0. The Balaban J connectivity index is 1.82. The molecule has 1 atom stereocenters. The lowest BCUT2D eigenvalue weighted by Crippen LogP contribution is -2.44. The van der Waals surface area contributed by atoms with E-state index in [0.29, 0.717) is 17.4 Å². The third-order valence-electron chi connectivity index (χ3n) is 3.90. The molecular weight excluding hydrogens is 284 g/mol. The van der Waals surface area contributed by atoms with Crippen LogP contribution in [0.2, 0.25) is 0 Å².